The average Bonchev–Trinajstić information content (AvgIpc) is 2.77. The molecule has 0 bridgehead atoms. The number of carbonyl (C=O) groups excluding carboxylic acids is 2. The van der Waals surface area contributed by atoms with E-state index in [0.717, 1.165) is 36.8 Å². The van der Waals surface area contributed by atoms with Crippen molar-refractivity contribution in [1.29, 1.82) is 0 Å². The van der Waals surface area contributed by atoms with Crippen LogP contribution in [0.1, 0.15) is 91.2 Å². The Labute approximate surface area is 221 Å². The minimum absolute atomic E-state index is 0.399. The Bertz CT molecular complexity index is 1080. The highest BCUT2D eigenvalue weighted by Crippen LogP contribution is 2.30. The summed E-state index contributed by atoms with van der Waals surface area (Å²) >= 11 is 0. The molecule has 0 atom stereocenters. The predicted octanol–water partition coefficient (Wildman–Crippen LogP) is 7.60. The van der Waals surface area contributed by atoms with Crippen LogP contribution in [0.5, 0.6) is 11.5 Å². The second-order valence-corrected chi connectivity index (χ2v) is 9.65. The van der Waals surface area contributed by atoms with Crippen LogP contribution in [-0.4, -0.2) is 23.0 Å². The van der Waals surface area contributed by atoms with Crippen molar-refractivity contribution in [2.45, 2.75) is 93.4 Å². The zero-order valence-electron chi connectivity index (χ0n) is 23.4. The van der Waals surface area contributed by atoms with Crippen molar-refractivity contribution in [3.05, 3.63) is 69.9 Å². The summed E-state index contributed by atoms with van der Waals surface area (Å²) in [5.74, 6) is -0.715. The number of aliphatic carboxylic acids is 1. The van der Waals surface area contributed by atoms with Gasteiger partial charge >= 0.3 is 17.9 Å². The first kappa shape index (κ1) is 31.6. The summed E-state index contributed by atoms with van der Waals surface area (Å²) in [6.45, 7) is 12.7. The molecule has 0 radical (unpaired) electrons. The molecule has 37 heavy (non-hydrogen) atoms. The molecule has 0 aliphatic carbocycles. The van der Waals surface area contributed by atoms with Gasteiger partial charge in [0, 0.05) is 25.0 Å². The van der Waals surface area contributed by atoms with Crippen LogP contribution >= 0.6 is 0 Å². The first-order valence-corrected chi connectivity index (χ1v) is 12.8. The van der Waals surface area contributed by atoms with Crippen molar-refractivity contribution < 1.29 is 29.0 Å². The van der Waals surface area contributed by atoms with Gasteiger partial charge in [0.2, 0.25) is 0 Å². The number of carbonyl (C=O) groups is 3. The van der Waals surface area contributed by atoms with Gasteiger partial charge in [-0.3, -0.25) is 9.59 Å². The second kappa shape index (κ2) is 16.4. The summed E-state index contributed by atoms with van der Waals surface area (Å²) in [4.78, 5) is 34.4. The molecular formula is C31H42O6. The lowest BCUT2D eigenvalue weighted by Crippen LogP contribution is -2.07. The van der Waals surface area contributed by atoms with Gasteiger partial charge in [0.05, 0.1) is 0 Å². The summed E-state index contributed by atoms with van der Waals surface area (Å²) in [6.07, 6.45) is 13.3. The minimum atomic E-state index is -0.838. The van der Waals surface area contributed by atoms with Crippen molar-refractivity contribution in [2.75, 3.05) is 0 Å². The van der Waals surface area contributed by atoms with E-state index in [1.165, 1.54) is 30.6 Å². The number of rotatable bonds is 14. The van der Waals surface area contributed by atoms with E-state index in [1.54, 1.807) is 12.1 Å². The van der Waals surface area contributed by atoms with E-state index in [4.69, 9.17) is 9.47 Å². The normalized spacial score (nSPS) is 12.2. The van der Waals surface area contributed by atoms with Gasteiger partial charge in [-0.05, 0) is 97.3 Å². The van der Waals surface area contributed by atoms with Crippen molar-refractivity contribution in [3.63, 3.8) is 0 Å². The number of carboxylic acids is 1. The van der Waals surface area contributed by atoms with E-state index >= 15 is 0 Å². The highest BCUT2D eigenvalue weighted by Gasteiger charge is 2.13. The number of benzene rings is 1. The Balaban J connectivity index is 2.74. The fraction of sp³-hybridized carbons (Fsp3) is 0.452. The zero-order chi connectivity index (χ0) is 28.0. The summed E-state index contributed by atoms with van der Waals surface area (Å²) in [5, 5.41) is 9.41. The summed E-state index contributed by atoms with van der Waals surface area (Å²) < 4.78 is 10.7. The van der Waals surface area contributed by atoms with Crippen LogP contribution in [0.25, 0.3) is 0 Å². The van der Waals surface area contributed by atoms with Crippen LogP contribution < -0.4 is 9.47 Å². The Hall–Kier alpha value is -3.41. The third kappa shape index (κ3) is 13.5. The summed E-state index contributed by atoms with van der Waals surface area (Å²) in [6, 6.07) is 3.42. The number of hydrogen-bond donors (Lipinski definition) is 1. The van der Waals surface area contributed by atoms with Gasteiger partial charge < -0.3 is 14.6 Å². The van der Waals surface area contributed by atoms with E-state index in [9.17, 15) is 19.5 Å². The molecular weight excluding hydrogens is 468 g/mol. The molecule has 0 aliphatic rings. The molecule has 0 unspecified atom stereocenters. The number of hydrogen-bond acceptors (Lipinski definition) is 5. The molecule has 0 fully saturated rings. The Morgan fingerprint density at radius 3 is 1.89 bits per heavy atom. The lowest BCUT2D eigenvalue weighted by molar-refractivity contribution is -0.133. The summed E-state index contributed by atoms with van der Waals surface area (Å²) in [7, 11) is 0. The third-order valence-electron chi connectivity index (χ3n) is 5.70. The van der Waals surface area contributed by atoms with Crippen LogP contribution in [0, 0.1) is 6.92 Å². The molecule has 0 saturated carbocycles. The molecule has 0 saturated heterocycles. The maximum absolute atomic E-state index is 11.6. The highest BCUT2D eigenvalue weighted by atomic mass is 16.5. The van der Waals surface area contributed by atoms with Crippen LogP contribution in [0.4, 0.5) is 0 Å². The molecule has 1 aromatic rings. The van der Waals surface area contributed by atoms with E-state index in [0.29, 0.717) is 36.3 Å². The number of allylic oxidation sites excluding steroid dienone is 7. The topological polar surface area (TPSA) is 89.9 Å². The van der Waals surface area contributed by atoms with Crippen molar-refractivity contribution in [2.24, 2.45) is 0 Å². The summed E-state index contributed by atoms with van der Waals surface area (Å²) in [5.41, 5.74) is 5.61. The monoisotopic (exact) mass is 510 g/mol. The molecule has 202 valence electrons. The lowest BCUT2D eigenvalue weighted by Gasteiger charge is -2.13. The molecule has 1 rings (SSSR count). The van der Waals surface area contributed by atoms with Gasteiger partial charge in [0.1, 0.15) is 11.5 Å². The number of carboxylic acid groups (broad SMARTS) is 1. The molecule has 1 aromatic carbocycles. The Kier molecular flexibility index (Phi) is 14.0. The molecule has 0 spiro atoms. The molecule has 0 amide bonds. The van der Waals surface area contributed by atoms with Crippen LogP contribution in [0.15, 0.2) is 58.7 Å². The largest absolute Gasteiger partial charge is 0.478 e. The van der Waals surface area contributed by atoms with Crippen molar-refractivity contribution >= 4 is 17.9 Å². The van der Waals surface area contributed by atoms with E-state index in [2.05, 4.69) is 32.1 Å². The minimum Gasteiger partial charge on any atom is -0.478 e. The van der Waals surface area contributed by atoms with Gasteiger partial charge in [-0.1, -0.05) is 41.0 Å². The van der Waals surface area contributed by atoms with Crippen LogP contribution in [0.2, 0.25) is 0 Å². The van der Waals surface area contributed by atoms with Gasteiger partial charge in [-0.2, -0.15) is 0 Å². The second-order valence-electron chi connectivity index (χ2n) is 9.65. The van der Waals surface area contributed by atoms with Gasteiger partial charge in [-0.25, -0.2) is 4.79 Å². The molecule has 1 N–H and O–H groups in total. The number of ether oxygens (including phenoxy) is 2. The standard InChI is InChI=1S/C31H42O6/c1-21(2)11-8-15-27(31(34)35)16-10-14-22(3)12-9-13-23(4)17-18-28-20-29(36-25(6)32)19-24(5)30(28)37-26(7)33/h11-12,16-17,19-20H,8-10,13-15,18H2,1-7H3,(H,34,35). The quantitative estimate of drug-likeness (QED) is 0.120. The van der Waals surface area contributed by atoms with Crippen LogP contribution in [0.3, 0.4) is 0 Å². The fourth-order valence-electron chi connectivity index (χ4n) is 3.80. The maximum Gasteiger partial charge on any atom is 0.331 e. The number of aryl methyl sites for hydroxylation is 1. The Morgan fingerprint density at radius 2 is 1.32 bits per heavy atom. The van der Waals surface area contributed by atoms with E-state index in [1.807, 2.05) is 26.8 Å². The first-order chi connectivity index (χ1) is 17.4. The Morgan fingerprint density at radius 1 is 0.757 bits per heavy atom. The fourth-order valence-corrected chi connectivity index (χ4v) is 3.80. The number of esters is 2. The lowest BCUT2D eigenvalue weighted by atomic mass is 10.0. The molecule has 0 aliphatic heterocycles. The van der Waals surface area contributed by atoms with Crippen molar-refractivity contribution in [3.8, 4) is 11.5 Å². The maximum atomic E-state index is 11.6. The van der Waals surface area contributed by atoms with Crippen LogP contribution in [-0.2, 0) is 20.8 Å². The molecule has 0 heterocycles. The smallest absolute Gasteiger partial charge is 0.331 e. The zero-order valence-corrected chi connectivity index (χ0v) is 23.4. The first-order valence-electron chi connectivity index (χ1n) is 12.8. The van der Waals surface area contributed by atoms with E-state index < -0.39 is 17.9 Å². The highest BCUT2D eigenvalue weighted by molar-refractivity contribution is 5.86. The van der Waals surface area contributed by atoms with E-state index in [-0.39, 0.29) is 0 Å². The molecule has 6 heteroatoms. The molecule has 6 nitrogen and oxygen atoms in total. The SMILES string of the molecule is CC(=O)Oc1cc(C)c(OC(C)=O)c(CC=C(C)CCC=C(C)CCC=C(CCC=C(C)C)C(=O)O)c1. The van der Waals surface area contributed by atoms with Gasteiger partial charge in [0.15, 0.2) is 0 Å². The van der Waals surface area contributed by atoms with Crippen molar-refractivity contribution in [1.82, 2.24) is 0 Å². The third-order valence-corrected chi connectivity index (χ3v) is 5.70. The average molecular weight is 511 g/mol. The van der Waals surface area contributed by atoms with Gasteiger partial charge in [-0.15, -0.1) is 0 Å². The van der Waals surface area contributed by atoms with Gasteiger partial charge in [0.25, 0.3) is 0 Å². The molecule has 0 aromatic heterocycles. The predicted molar refractivity (Wildman–Crippen MR) is 148 cm³/mol.